The molecule has 5 rings (SSSR count). The number of halogens is 11. The van der Waals surface area contributed by atoms with Gasteiger partial charge in [0.25, 0.3) is 0 Å². The summed E-state index contributed by atoms with van der Waals surface area (Å²) in [6, 6.07) is -0.673. The normalized spacial score (nSPS) is 15.4. The molecule has 0 N–H and O–H groups in total. The van der Waals surface area contributed by atoms with E-state index in [1.165, 1.54) is 0 Å². The van der Waals surface area contributed by atoms with Crippen LogP contribution in [0, 0.1) is 11.6 Å². The Balaban J connectivity index is 2.05. The van der Waals surface area contributed by atoms with Crippen molar-refractivity contribution < 1.29 is 76.9 Å². The highest BCUT2D eigenvalue weighted by Gasteiger charge is 2.61. The molecule has 0 saturated heterocycles. The van der Waals surface area contributed by atoms with Gasteiger partial charge in [-0.15, -0.1) is 0 Å². The Hall–Kier alpha value is -4.83. The second kappa shape index (κ2) is 9.08. The highest BCUT2D eigenvalue weighted by molar-refractivity contribution is 6.16. The van der Waals surface area contributed by atoms with E-state index in [0.717, 1.165) is 0 Å². The van der Waals surface area contributed by atoms with Crippen LogP contribution in [-0.4, -0.2) is 30.1 Å². The first-order chi connectivity index (χ1) is 19.7. The van der Waals surface area contributed by atoms with E-state index in [0.29, 0.717) is 0 Å². The highest BCUT2D eigenvalue weighted by atomic mass is 19.4. The molecule has 0 bridgehead atoms. The fraction of sp³-hybridized carbons (Fsp3) is 0.154. The average molecular weight is 624 g/mol. The third kappa shape index (κ3) is 4.40. The van der Waals surface area contributed by atoms with Crippen LogP contribution in [0.15, 0.2) is 42.5 Å². The number of rotatable bonds is 3. The number of hydrogen-bond donors (Lipinski definition) is 0. The minimum Gasteiger partial charge on any atom is -0.386 e. The summed E-state index contributed by atoms with van der Waals surface area (Å²) in [6.07, 6.45) is -17.5. The second-order valence-electron chi connectivity index (χ2n) is 9.15. The molecule has 0 fully saturated rings. The SMILES string of the molecule is O=C1OC(=O)c2c1cc(C(c1cc(F)cc(F)c1)(c1cc3c(c(C(F)(F)F)c1)C(=O)OC3=O)C(F)(F)F)cc2C(F)(F)F. The van der Waals surface area contributed by atoms with E-state index in [4.69, 9.17) is 0 Å². The van der Waals surface area contributed by atoms with Gasteiger partial charge >= 0.3 is 42.4 Å². The van der Waals surface area contributed by atoms with Gasteiger partial charge in [-0.25, -0.2) is 28.0 Å². The van der Waals surface area contributed by atoms with Gasteiger partial charge in [0.2, 0.25) is 0 Å². The lowest BCUT2D eigenvalue weighted by molar-refractivity contribution is -0.167. The lowest BCUT2D eigenvalue weighted by Crippen LogP contribution is -2.45. The van der Waals surface area contributed by atoms with Crippen LogP contribution in [0.5, 0.6) is 0 Å². The van der Waals surface area contributed by atoms with Gasteiger partial charge in [-0.3, -0.25) is 0 Å². The maximum atomic E-state index is 15.4. The number of carbonyl (C=O) groups excluding carboxylic acids is 4. The molecule has 2 aliphatic rings. The quantitative estimate of drug-likeness (QED) is 0.143. The summed E-state index contributed by atoms with van der Waals surface area (Å²) in [5.74, 6) is -11.1. The Bertz CT molecular complexity index is 1670. The first kappa shape index (κ1) is 29.7. The van der Waals surface area contributed by atoms with Crippen LogP contribution < -0.4 is 0 Å². The van der Waals surface area contributed by atoms with E-state index in [1.807, 2.05) is 0 Å². The van der Waals surface area contributed by atoms with Crippen molar-refractivity contribution in [2.24, 2.45) is 0 Å². The summed E-state index contributed by atoms with van der Waals surface area (Å²) in [4.78, 5) is 48.5. The minimum atomic E-state index is -6.12. The molecule has 0 radical (unpaired) electrons. The molecule has 224 valence electrons. The van der Waals surface area contributed by atoms with E-state index in [9.17, 15) is 54.3 Å². The number of carbonyl (C=O) groups is 4. The Kier molecular flexibility index (Phi) is 6.26. The van der Waals surface area contributed by atoms with Crippen molar-refractivity contribution >= 4 is 23.9 Å². The topological polar surface area (TPSA) is 86.7 Å². The van der Waals surface area contributed by atoms with Crippen LogP contribution in [0.1, 0.15) is 69.2 Å². The molecule has 3 aromatic rings. The van der Waals surface area contributed by atoms with Crippen LogP contribution in [0.2, 0.25) is 0 Å². The van der Waals surface area contributed by atoms with Crippen LogP contribution in [0.3, 0.4) is 0 Å². The zero-order valence-electron chi connectivity index (χ0n) is 20.1. The third-order valence-electron chi connectivity index (χ3n) is 6.69. The Morgan fingerprint density at radius 3 is 1.14 bits per heavy atom. The summed E-state index contributed by atoms with van der Waals surface area (Å²) >= 11 is 0. The molecule has 0 atom stereocenters. The number of benzene rings is 3. The molecule has 17 heteroatoms. The van der Waals surface area contributed by atoms with Crippen molar-refractivity contribution in [3.63, 3.8) is 0 Å². The molecule has 0 amide bonds. The molecule has 3 aromatic carbocycles. The van der Waals surface area contributed by atoms with Gasteiger partial charge in [0.05, 0.1) is 33.4 Å². The molecule has 43 heavy (non-hydrogen) atoms. The number of fused-ring (bicyclic) bond motifs is 2. The largest absolute Gasteiger partial charge is 0.417 e. The third-order valence-corrected chi connectivity index (χ3v) is 6.69. The van der Waals surface area contributed by atoms with Gasteiger partial charge in [0, 0.05) is 6.07 Å². The predicted molar refractivity (Wildman–Crippen MR) is 115 cm³/mol. The lowest BCUT2D eigenvalue weighted by Gasteiger charge is -2.38. The van der Waals surface area contributed by atoms with Crippen molar-refractivity contribution in [2.75, 3.05) is 0 Å². The van der Waals surface area contributed by atoms with Crippen LogP contribution in [0.25, 0.3) is 0 Å². The molecule has 2 aliphatic heterocycles. The molecule has 0 spiro atoms. The van der Waals surface area contributed by atoms with E-state index >= 15 is 13.2 Å². The van der Waals surface area contributed by atoms with Gasteiger partial charge in [-0.2, -0.15) is 39.5 Å². The molecule has 0 saturated carbocycles. The first-order valence-corrected chi connectivity index (χ1v) is 11.3. The fourth-order valence-electron chi connectivity index (χ4n) is 5.07. The summed E-state index contributed by atoms with van der Waals surface area (Å²) in [7, 11) is 0. The number of esters is 4. The number of alkyl halides is 9. The van der Waals surface area contributed by atoms with Crippen molar-refractivity contribution in [1.82, 2.24) is 0 Å². The highest BCUT2D eigenvalue weighted by Crippen LogP contribution is 2.55. The first-order valence-electron chi connectivity index (χ1n) is 11.3. The fourth-order valence-corrected chi connectivity index (χ4v) is 5.07. The van der Waals surface area contributed by atoms with E-state index in [2.05, 4.69) is 9.47 Å². The molecular formula is C26H7F11O6. The second-order valence-corrected chi connectivity index (χ2v) is 9.15. The average Bonchev–Trinajstić information content (AvgIpc) is 3.30. The summed E-state index contributed by atoms with van der Waals surface area (Å²) in [5.41, 5.74) is -19.8. The smallest absolute Gasteiger partial charge is 0.386 e. The zero-order valence-corrected chi connectivity index (χ0v) is 20.1. The molecular weight excluding hydrogens is 617 g/mol. The summed E-state index contributed by atoms with van der Waals surface area (Å²) < 4.78 is 168. The van der Waals surface area contributed by atoms with E-state index in [-0.39, 0.29) is 42.5 Å². The summed E-state index contributed by atoms with van der Waals surface area (Å²) in [5, 5.41) is 0. The lowest BCUT2D eigenvalue weighted by atomic mass is 9.67. The molecule has 0 unspecified atom stereocenters. The molecule has 0 aliphatic carbocycles. The van der Waals surface area contributed by atoms with Crippen molar-refractivity contribution in [1.29, 1.82) is 0 Å². The Morgan fingerprint density at radius 1 is 0.465 bits per heavy atom. The van der Waals surface area contributed by atoms with Gasteiger partial charge in [0.1, 0.15) is 17.0 Å². The maximum Gasteiger partial charge on any atom is 0.417 e. The summed E-state index contributed by atoms with van der Waals surface area (Å²) in [6.45, 7) is 0. The van der Waals surface area contributed by atoms with Gasteiger partial charge < -0.3 is 9.47 Å². The maximum absolute atomic E-state index is 15.4. The minimum absolute atomic E-state index is 0.0398. The van der Waals surface area contributed by atoms with Crippen molar-refractivity contribution in [3.05, 3.63) is 104 Å². The molecule has 6 nitrogen and oxygen atoms in total. The Labute approximate surface area is 229 Å². The Morgan fingerprint density at radius 2 is 0.814 bits per heavy atom. The standard InChI is InChI=1S/C26H7F11O6/c27-11-1-8(2-12(28)7-11)23(26(35,36)37,9-3-13-17(21(40)42-19(13)38)15(5-9)24(29,30)31)10-4-14-18(22(41)43-20(14)39)16(6-10)25(32,33)34/h1-7H. The van der Waals surface area contributed by atoms with E-state index < -0.39 is 110 Å². The number of hydrogen-bond acceptors (Lipinski definition) is 6. The predicted octanol–water partition coefficient (Wildman–Crippen LogP) is 6.52. The molecule has 0 aromatic heterocycles. The van der Waals surface area contributed by atoms with Gasteiger partial charge in [-0.05, 0) is 53.1 Å². The number of cyclic esters (lactones) is 4. The van der Waals surface area contributed by atoms with Crippen LogP contribution in [-0.2, 0) is 27.2 Å². The number of ether oxygens (including phenoxy) is 2. The zero-order chi connectivity index (χ0) is 32.0. The van der Waals surface area contributed by atoms with Crippen molar-refractivity contribution in [2.45, 2.75) is 23.9 Å². The van der Waals surface area contributed by atoms with Gasteiger partial charge in [0.15, 0.2) is 0 Å². The van der Waals surface area contributed by atoms with Crippen molar-refractivity contribution in [3.8, 4) is 0 Å². The van der Waals surface area contributed by atoms with Gasteiger partial charge in [-0.1, -0.05) is 0 Å². The van der Waals surface area contributed by atoms with Crippen LogP contribution in [0.4, 0.5) is 48.3 Å². The van der Waals surface area contributed by atoms with E-state index in [1.54, 1.807) is 0 Å². The molecule has 2 heterocycles. The van der Waals surface area contributed by atoms with Crippen LogP contribution >= 0.6 is 0 Å². The monoisotopic (exact) mass is 624 g/mol.